The van der Waals surface area contributed by atoms with Crippen molar-refractivity contribution in [2.45, 2.75) is 50.7 Å². The number of amides is 2. The topological polar surface area (TPSA) is 74.3 Å². The molecule has 2 N–H and O–H groups in total. The fourth-order valence-electron chi connectivity index (χ4n) is 4.82. The smallest absolute Gasteiger partial charge is 0.351 e. The van der Waals surface area contributed by atoms with Gasteiger partial charge >= 0.3 is 6.18 Å². The summed E-state index contributed by atoms with van der Waals surface area (Å²) >= 11 is 7.12. The lowest BCUT2D eigenvalue weighted by Gasteiger charge is -2.32. The number of halogens is 4. The summed E-state index contributed by atoms with van der Waals surface area (Å²) in [6.45, 7) is 3.76. The molecule has 6 nitrogen and oxygen atoms in total. The maximum Gasteiger partial charge on any atom is 0.416 e. The minimum Gasteiger partial charge on any atom is -0.351 e. The van der Waals surface area contributed by atoms with Crippen molar-refractivity contribution in [2.75, 3.05) is 25.0 Å². The largest absolute Gasteiger partial charge is 0.416 e. The predicted octanol–water partition coefficient (Wildman–Crippen LogP) is 6.44. The van der Waals surface area contributed by atoms with Crippen molar-refractivity contribution in [1.82, 2.24) is 15.2 Å². The summed E-state index contributed by atoms with van der Waals surface area (Å²) in [5.74, 6) is -0.724. The highest BCUT2D eigenvalue weighted by atomic mass is 35.5. The quantitative estimate of drug-likeness (QED) is 0.306. The number of anilines is 1. The Kier molecular flexibility index (Phi) is 9.63. The number of thiazole rings is 1. The summed E-state index contributed by atoms with van der Waals surface area (Å²) in [6, 6.07) is 13.7. The first-order valence-corrected chi connectivity index (χ1v) is 14.0. The molecule has 1 aromatic heterocycles. The van der Waals surface area contributed by atoms with Gasteiger partial charge in [-0.05, 0) is 74.1 Å². The van der Waals surface area contributed by atoms with Crippen molar-refractivity contribution in [3.05, 3.63) is 81.3 Å². The van der Waals surface area contributed by atoms with Crippen molar-refractivity contribution >= 4 is 39.9 Å². The molecule has 4 rings (SSSR count). The zero-order chi connectivity index (χ0) is 28.0. The number of piperidine rings is 1. The molecule has 11 heteroatoms. The Balaban J connectivity index is 1.42. The zero-order valence-corrected chi connectivity index (χ0v) is 23.0. The number of carbonyl (C=O) groups excluding carboxylic acids is 2. The van der Waals surface area contributed by atoms with Crippen LogP contribution < -0.4 is 10.6 Å². The zero-order valence-electron chi connectivity index (χ0n) is 21.4. The molecule has 39 heavy (non-hydrogen) atoms. The molecule has 0 saturated carbocycles. The number of carbonyl (C=O) groups is 2. The van der Waals surface area contributed by atoms with E-state index in [1.54, 1.807) is 5.38 Å². The van der Waals surface area contributed by atoms with Crippen LogP contribution in [0, 0.1) is 0 Å². The van der Waals surface area contributed by atoms with Crippen LogP contribution in [-0.4, -0.2) is 41.3 Å². The monoisotopic (exact) mass is 578 g/mol. The number of aromatic nitrogens is 1. The number of hydrogen-bond donors (Lipinski definition) is 2. The second-order valence-electron chi connectivity index (χ2n) is 9.69. The first-order chi connectivity index (χ1) is 18.6. The Morgan fingerprint density at radius 3 is 2.54 bits per heavy atom. The molecular weight excluding hydrogens is 549 g/mol. The molecule has 1 aliphatic rings. The van der Waals surface area contributed by atoms with E-state index in [1.165, 1.54) is 29.9 Å². The summed E-state index contributed by atoms with van der Waals surface area (Å²) < 4.78 is 39.6. The first-order valence-electron chi connectivity index (χ1n) is 12.7. The van der Waals surface area contributed by atoms with Crippen molar-refractivity contribution in [2.24, 2.45) is 0 Å². The van der Waals surface area contributed by atoms with Crippen LogP contribution >= 0.6 is 22.9 Å². The molecule has 0 aliphatic carbocycles. The molecule has 0 spiro atoms. The van der Waals surface area contributed by atoms with Crippen molar-refractivity contribution in [3.8, 4) is 0 Å². The van der Waals surface area contributed by atoms with E-state index in [4.69, 9.17) is 11.6 Å². The molecule has 2 heterocycles. The molecule has 1 fully saturated rings. The number of hydrogen-bond acceptors (Lipinski definition) is 5. The first kappa shape index (κ1) is 29.0. The maximum atomic E-state index is 13.3. The molecule has 2 amide bonds. The summed E-state index contributed by atoms with van der Waals surface area (Å²) in [6.07, 6.45) is -2.00. The van der Waals surface area contributed by atoms with Crippen LogP contribution in [0.25, 0.3) is 0 Å². The predicted molar refractivity (Wildman–Crippen MR) is 147 cm³/mol. The van der Waals surface area contributed by atoms with Gasteiger partial charge < -0.3 is 15.5 Å². The fourth-order valence-corrected chi connectivity index (χ4v) is 5.89. The van der Waals surface area contributed by atoms with Gasteiger partial charge in [0.05, 0.1) is 17.2 Å². The van der Waals surface area contributed by atoms with Gasteiger partial charge in [-0.3, -0.25) is 9.59 Å². The lowest BCUT2D eigenvalue weighted by Crippen LogP contribution is -2.36. The van der Waals surface area contributed by atoms with E-state index in [1.807, 2.05) is 6.07 Å². The third-order valence-electron chi connectivity index (χ3n) is 6.82. The van der Waals surface area contributed by atoms with Gasteiger partial charge in [-0.25, -0.2) is 4.98 Å². The van der Waals surface area contributed by atoms with E-state index in [2.05, 4.69) is 44.8 Å². The molecule has 208 valence electrons. The van der Waals surface area contributed by atoms with E-state index in [-0.39, 0.29) is 28.9 Å². The Bertz CT molecular complexity index is 1280. The minimum atomic E-state index is -4.54. The third-order valence-corrected chi connectivity index (χ3v) is 7.82. The van der Waals surface area contributed by atoms with Crippen LogP contribution in [0.1, 0.15) is 60.4 Å². The van der Waals surface area contributed by atoms with Gasteiger partial charge in [0.25, 0.3) is 0 Å². The Morgan fingerprint density at radius 1 is 1.15 bits per heavy atom. The van der Waals surface area contributed by atoms with Gasteiger partial charge in [-0.1, -0.05) is 41.9 Å². The van der Waals surface area contributed by atoms with Crippen molar-refractivity contribution in [3.63, 3.8) is 0 Å². The molecule has 3 aromatic rings. The third kappa shape index (κ3) is 8.27. The van der Waals surface area contributed by atoms with Gasteiger partial charge in [-0.2, -0.15) is 13.2 Å². The number of alkyl halides is 3. The lowest BCUT2D eigenvalue weighted by molar-refractivity contribution is -0.137. The van der Waals surface area contributed by atoms with Crippen LogP contribution in [0.2, 0.25) is 5.02 Å². The summed E-state index contributed by atoms with van der Waals surface area (Å²) in [4.78, 5) is 31.5. The van der Waals surface area contributed by atoms with Gasteiger partial charge in [0.2, 0.25) is 11.8 Å². The molecule has 0 bridgehead atoms. The van der Waals surface area contributed by atoms with Gasteiger partial charge in [-0.15, -0.1) is 11.3 Å². The average molecular weight is 579 g/mol. The molecule has 1 aliphatic heterocycles. The molecule has 1 saturated heterocycles. The van der Waals surface area contributed by atoms with E-state index >= 15 is 0 Å². The summed E-state index contributed by atoms with van der Waals surface area (Å²) in [5, 5.41) is 7.47. The Hall–Kier alpha value is -2.95. The van der Waals surface area contributed by atoms with Crippen LogP contribution in [0.5, 0.6) is 0 Å². The second-order valence-corrected chi connectivity index (χ2v) is 11.0. The number of likely N-dealkylation sites (tertiary alicyclic amines) is 1. The van der Waals surface area contributed by atoms with Gasteiger partial charge in [0.15, 0.2) is 5.13 Å². The number of nitrogens with zero attached hydrogens (tertiary/aromatic N) is 2. The SMILES string of the molecule is CC(=O)Nc1nc(C(CCN2CCC(c3ccccc3)CC2)C(=O)NCc2cc(Cl)cc(C(F)(F)F)c2)cs1. The van der Waals surface area contributed by atoms with Crippen LogP contribution in [-0.2, 0) is 22.3 Å². The highest BCUT2D eigenvalue weighted by Gasteiger charge is 2.31. The van der Waals surface area contributed by atoms with Crippen molar-refractivity contribution < 1.29 is 22.8 Å². The average Bonchev–Trinajstić information content (AvgIpc) is 3.35. The lowest BCUT2D eigenvalue weighted by atomic mass is 9.89. The second kappa shape index (κ2) is 12.9. The minimum absolute atomic E-state index is 0.0519. The fraction of sp³-hybridized carbons (Fsp3) is 0.393. The molecule has 1 atom stereocenters. The highest BCUT2D eigenvalue weighted by molar-refractivity contribution is 7.13. The van der Waals surface area contributed by atoms with Gasteiger partial charge in [0.1, 0.15) is 0 Å². The standard InChI is InChI=1S/C28H30ClF3N4O2S/c1-18(37)34-27-35-25(17-39-27)24(9-12-36-10-7-21(8-11-36)20-5-3-2-4-6-20)26(38)33-16-19-13-22(28(30,31)32)15-23(29)14-19/h2-6,13-15,17,21,24H,7-12,16H2,1H3,(H,33,38)(H,34,35,37). The van der Waals surface area contributed by atoms with Gasteiger partial charge in [0, 0.05) is 23.9 Å². The Labute approximate surface area is 234 Å². The van der Waals surface area contributed by atoms with Crippen LogP contribution in [0.15, 0.2) is 53.9 Å². The molecule has 2 aromatic carbocycles. The normalized spacial score (nSPS) is 15.6. The number of nitrogens with one attached hydrogen (secondary N) is 2. The number of benzene rings is 2. The molecular formula is C28H30ClF3N4O2S. The number of rotatable bonds is 9. The molecule has 1 unspecified atom stereocenters. The van der Waals surface area contributed by atoms with E-state index in [0.29, 0.717) is 29.7 Å². The maximum absolute atomic E-state index is 13.3. The highest BCUT2D eigenvalue weighted by Crippen LogP contribution is 2.33. The van der Waals surface area contributed by atoms with Crippen LogP contribution in [0.4, 0.5) is 18.3 Å². The van der Waals surface area contributed by atoms with E-state index in [0.717, 1.165) is 38.1 Å². The summed E-state index contributed by atoms with van der Waals surface area (Å²) in [5.41, 5.74) is 1.25. The van der Waals surface area contributed by atoms with Crippen molar-refractivity contribution in [1.29, 1.82) is 0 Å². The summed E-state index contributed by atoms with van der Waals surface area (Å²) in [7, 11) is 0. The Morgan fingerprint density at radius 2 is 1.87 bits per heavy atom. The van der Waals surface area contributed by atoms with Crippen LogP contribution in [0.3, 0.4) is 0 Å². The van der Waals surface area contributed by atoms with E-state index < -0.39 is 17.7 Å². The van der Waals surface area contributed by atoms with E-state index in [9.17, 15) is 22.8 Å². The molecule has 0 radical (unpaired) electrons.